The Hall–Kier alpha value is -1.08. The topological polar surface area (TPSA) is 91.9 Å². The molecule has 0 unspecified atom stereocenters. The molecular formula is C13H20ClN3O3S. The number of aromatic amines is 1. The summed E-state index contributed by atoms with van der Waals surface area (Å²) in [6.07, 6.45) is 4.86. The van der Waals surface area contributed by atoms with E-state index < -0.39 is 15.0 Å². The molecule has 1 heterocycles. The standard InChI is InChI=1S/C13H20ClN3O3S/c1-3-9-11(21(14,19)20)10(17-16-9)12(18)15-8-13(2)6-4-5-7-13/h3-8H2,1-2H3,(H,15,18)(H,16,17). The number of hydrogen-bond acceptors (Lipinski definition) is 4. The third kappa shape index (κ3) is 3.58. The quantitative estimate of drug-likeness (QED) is 0.808. The normalized spacial score (nSPS) is 17.9. The number of amides is 1. The van der Waals surface area contributed by atoms with Gasteiger partial charge in [0.05, 0.1) is 5.69 Å². The van der Waals surface area contributed by atoms with Gasteiger partial charge in [-0.2, -0.15) is 5.10 Å². The minimum absolute atomic E-state index is 0.0829. The fourth-order valence-corrected chi connectivity index (χ4v) is 4.16. The lowest BCUT2D eigenvalue weighted by molar-refractivity contribution is 0.0926. The lowest BCUT2D eigenvalue weighted by atomic mass is 9.89. The van der Waals surface area contributed by atoms with Crippen LogP contribution in [0.5, 0.6) is 0 Å². The molecule has 118 valence electrons. The van der Waals surface area contributed by atoms with Crippen LogP contribution in [0.4, 0.5) is 0 Å². The molecule has 1 fully saturated rings. The van der Waals surface area contributed by atoms with Gasteiger partial charge in [-0.05, 0) is 24.7 Å². The summed E-state index contributed by atoms with van der Waals surface area (Å²) in [4.78, 5) is 12.0. The highest BCUT2D eigenvalue weighted by Gasteiger charge is 2.31. The van der Waals surface area contributed by atoms with Gasteiger partial charge in [0.1, 0.15) is 4.90 Å². The van der Waals surface area contributed by atoms with Gasteiger partial charge in [-0.1, -0.05) is 26.7 Å². The molecule has 0 saturated heterocycles. The summed E-state index contributed by atoms with van der Waals surface area (Å²) in [6.45, 7) is 4.41. The SMILES string of the molecule is CCc1[nH]nc(C(=O)NCC2(C)CCCC2)c1S(=O)(=O)Cl. The van der Waals surface area contributed by atoms with Gasteiger partial charge in [0.25, 0.3) is 15.0 Å². The minimum atomic E-state index is -4.01. The van der Waals surface area contributed by atoms with Gasteiger partial charge in [-0.3, -0.25) is 9.89 Å². The zero-order valence-corrected chi connectivity index (χ0v) is 13.8. The summed E-state index contributed by atoms with van der Waals surface area (Å²) in [5, 5.41) is 9.18. The number of hydrogen-bond donors (Lipinski definition) is 2. The summed E-state index contributed by atoms with van der Waals surface area (Å²) in [7, 11) is 1.41. The molecule has 21 heavy (non-hydrogen) atoms. The van der Waals surface area contributed by atoms with Crippen LogP contribution in [0.2, 0.25) is 0 Å². The Bertz CT molecular complexity index is 633. The molecule has 1 amide bonds. The third-order valence-electron chi connectivity index (χ3n) is 4.09. The molecular weight excluding hydrogens is 314 g/mol. The van der Waals surface area contributed by atoms with Crippen LogP contribution in [0, 0.1) is 5.41 Å². The molecule has 0 aromatic carbocycles. The molecule has 0 bridgehead atoms. The minimum Gasteiger partial charge on any atom is -0.350 e. The van der Waals surface area contributed by atoms with E-state index in [1.54, 1.807) is 6.92 Å². The average Bonchev–Trinajstić information content (AvgIpc) is 3.01. The maximum atomic E-state index is 12.2. The Morgan fingerprint density at radius 2 is 2.05 bits per heavy atom. The molecule has 2 N–H and O–H groups in total. The van der Waals surface area contributed by atoms with Crippen molar-refractivity contribution in [1.29, 1.82) is 0 Å². The highest BCUT2D eigenvalue weighted by Crippen LogP contribution is 2.36. The van der Waals surface area contributed by atoms with Crippen LogP contribution in [0.1, 0.15) is 55.7 Å². The van der Waals surface area contributed by atoms with Crippen molar-refractivity contribution in [3.05, 3.63) is 11.4 Å². The van der Waals surface area contributed by atoms with Gasteiger partial charge in [0, 0.05) is 17.2 Å². The Balaban J connectivity index is 2.18. The monoisotopic (exact) mass is 333 g/mol. The van der Waals surface area contributed by atoms with E-state index in [9.17, 15) is 13.2 Å². The molecule has 2 rings (SSSR count). The van der Waals surface area contributed by atoms with E-state index in [0.717, 1.165) is 25.7 Å². The molecule has 1 aromatic rings. The van der Waals surface area contributed by atoms with E-state index in [1.807, 2.05) is 0 Å². The van der Waals surface area contributed by atoms with E-state index >= 15 is 0 Å². The van der Waals surface area contributed by atoms with Gasteiger partial charge >= 0.3 is 0 Å². The van der Waals surface area contributed by atoms with Crippen molar-refractivity contribution in [3.8, 4) is 0 Å². The first-order valence-electron chi connectivity index (χ1n) is 7.07. The number of carbonyl (C=O) groups excluding carboxylic acids is 1. The van der Waals surface area contributed by atoms with E-state index in [1.165, 1.54) is 0 Å². The number of aryl methyl sites for hydroxylation is 1. The lowest BCUT2D eigenvalue weighted by Gasteiger charge is -2.23. The van der Waals surface area contributed by atoms with Crippen molar-refractivity contribution >= 4 is 25.6 Å². The molecule has 6 nitrogen and oxygen atoms in total. The summed E-state index contributed by atoms with van der Waals surface area (Å²) in [6, 6.07) is 0. The van der Waals surface area contributed by atoms with Crippen molar-refractivity contribution in [2.45, 2.75) is 50.8 Å². The molecule has 1 aromatic heterocycles. The summed E-state index contributed by atoms with van der Waals surface area (Å²) < 4.78 is 23.3. The number of halogens is 1. The Labute approximate surface area is 129 Å². The number of aromatic nitrogens is 2. The number of carbonyl (C=O) groups is 1. The van der Waals surface area contributed by atoms with Crippen LogP contribution >= 0.6 is 10.7 Å². The summed E-state index contributed by atoms with van der Waals surface area (Å²) in [5.74, 6) is -0.502. The van der Waals surface area contributed by atoms with Crippen LogP contribution in [0.15, 0.2) is 4.90 Å². The zero-order chi connectivity index (χ0) is 15.7. The molecule has 0 radical (unpaired) electrons. The van der Waals surface area contributed by atoms with E-state index in [-0.39, 0.29) is 16.0 Å². The van der Waals surface area contributed by atoms with Gasteiger partial charge in [0.15, 0.2) is 5.69 Å². The molecule has 1 aliphatic rings. The fourth-order valence-electron chi connectivity index (χ4n) is 2.81. The lowest BCUT2D eigenvalue weighted by Crippen LogP contribution is -2.34. The van der Waals surface area contributed by atoms with Crippen LogP contribution in [0.3, 0.4) is 0 Å². The third-order valence-corrected chi connectivity index (χ3v) is 5.48. The number of nitrogens with zero attached hydrogens (tertiary/aromatic N) is 1. The first-order chi connectivity index (χ1) is 9.77. The average molecular weight is 334 g/mol. The smallest absolute Gasteiger partial charge is 0.273 e. The van der Waals surface area contributed by atoms with Gasteiger partial charge in [-0.15, -0.1) is 0 Å². The number of rotatable bonds is 5. The highest BCUT2D eigenvalue weighted by atomic mass is 35.7. The van der Waals surface area contributed by atoms with Crippen LogP contribution in [-0.2, 0) is 15.5 Å². The predicted octanol–water partition coefficient (Wildman–Crippen LogP) is 2.21. The zero-order valence-electron chi connectivity index (χ0n) is 12.2. The van der Waals surface area contributed by atoms with Crippen molar-refractivity contribution in [2.24, 2.45) is 5.41 Å². The fraction of sp³-hybridized carbons (Fsp3) is 0.692. The Morgan fingerprint density at radius 1 is 1.43 bits per heavy atom. The van der Waals surface area contributed by atoms with Gasteiger partial charge < -0.3 is 5.32 Å². The summed E-state index contributed by atoms with van der Waals surface area (Å²) >= 11 is 0. The molecule has 1 saturated carbocycles. The van der Waals surface area contributed by atoms with Crippen LogP contribution in [0.25, 0.3) is 0 Å². The maximum absolute atomic E-state index is 12.2. The molecule has 8 heteroatoms. The second-order valence-electron chi connectivity index (χ2n) is 5.87. The molecule has 0 spiro atoms. The largest absolute Gasteiger partial charge is 0.350 e. The second kappa shape index (κ2) is 5.96. The Kier molecular flexibility index (Phi) is 4.63. The Morgan fingerprint density at radius 3 is 2.57 bits per heavy atom. The van der Waals surface area contributed by atoms with Gasteiger partial charge in [0.2, 0.25) is 0 Å². The molecule has 1 aliphatic carbocycles. The first kappa shape index (κ1) is 16.3. The van der Waals surface area contributed by atoms with Crippen molar-refractivity contribution < 1.29 is 13.2 Å². The van der Waals surface area contributed by atoms with E-state index in [2.05, 4.69) is 22.4 Å². The van der Waals surface area contributed by atoms with Crippen LogP contribution < -0.4 is 5.32 Å². The summed E-state index contributed by atoms with van der Waals surface area (Å²) in [5.41, 5.74) is 0.283. The molecule has 0 aliphatic heterocycles. The number of nitrogens with one attached hydrogen (secondary N) is 2. The number of H-pyrrole nitrogens is 1. The van der Waals surface area contributed by atoms with Gasteiger partial charge in [-0.25, -0.2) is 8.42 Å². The van der Waals surface area contributed by atoms with Crippen molar-refractivity contribution in [1.82, 2.24) is 15.5 Å². The van der Waals surface area contributed by atoms with Crippen LogP contribution in [-0.4, -0.2) is 31.1 Å². The van der Waals surface area contributed by atoms with E-state index in [0.29, 0.717) is 18.7 Å². The molecule has 0 atom stereocenters. The highest BCUT2D eigenvalue weighted by molar-refractivity contribution is 8.13. The predicted molar refractivity (Wildman–Crippen MR) is 79.9 cm³/mol. The maximum Gasteiger partial charge on any atom is 0.273 e. The first-order valence-corrected chi connectivity index (χ1v) is 9.38. The second-order valence-corrected chi connectivity index (χ2v) is 8.37. The van der Waals surface area contributed by atoms with Crippen molar-refractivity contribution in [3.63, 3.8) is 0 Å². The van der Waals surface area contributed by atoms with Crippen molar-refractivity contribution in [2.75, 3.05) is 6.54 Å². The van der Waals surface area contributed by atoms with E-state index in [4.69, 9.17) is 10.7 Å².